The van der Waals surface area contributed by atoms with E-state index in [2.05, 4.69) is 10.1 Å². The number of hydrogen-bond acceptors (Lipinski definition) is 4. The Hall–Kier alpha value is -3.16. The zero-order valence-corrected chi connectivity index (χ0v) is 13.3. The number of amides is 1. The van der Waals surface area contributed by atoms with E-state index in [9.17, 15) is 18.0 Å². The van der Waals surface area contributed by atoms with Crippen LogP contribution in [0.2, 0.25) is 0 Å². The van der Waals surface area contributed by atoms with E-state index in [0.717, 1.165) is 18.2 Å². The molecule has 1 saturated heterocycles. The summed E-state index contributed by atoms with van der Waals surface area (Å²) in [5.41, 5.74) is 0.725. The third-order valence-corrected chi connectivity index (χ3v) is 4.18. The van der Waals surface area contributed by atoms with Gasteiger partial charge in [-0.2, -0.15) is 4.98 Å². The van der Waals surface area contributed by atoms with Crippen LogP contribution >= 0.6 is 0 Å². The first kappa shape index (κ1) is 16.3. The Morgan fingerprint density at radius 1 is 1.00 bits per heavy atom. The number of aromatic nitrogens is 2. The van der Waals surface area contributed by atoms with Gasteiger partial charge in [-0.15, -0.1) is 0 Å². The molecule has 1 amide bonds. The van der Waals surface area contributed by atoms with Crippen LogP contribution in [0.25, 0.3) is 11.4 Å². The van der Waals surface area contributed by atoms with Crippen molar-refractivity contribution in [2.24, 2.45) is 0 Å². The minimum Gasteiger partial charge on any atom is -0.339 e. The van der Waals surface area contributed by atoms with Gasteiger partial charge < -0.3 is 9.42 Å². The zero-order chi connectivity index (χ0) is 18.3. The third kappa shape index (κ3) is 3.05. The van der Waals surface area contributed by atoms with Crippen molar-refractivity contribution in [1.82, 2.24) is 10.1 Å². The normalized spacial score (nSPS) is 17.1. The Morgan fingerprint density at radius 2 is 1.69 bits per heavy atom. The second-order valence-corrected chi connectivity index (χ2v) is 6.00. The molecule has 1 aromatic heterocycles. The molecule has 0 radical (unpaired) electrons. The molecule has 5 nitrogen and oxygen atoms in total. The Bertz CT molecular complexity index is 952. The van der Waals surface area contributed by atoms with Crippen LogP contribution in [0.15, 0.2) is 47.0 Å². The summed E-state index contributed by atoms with van der Waals surface area (Å²) in [6.45, 7) is 0.173. The van der Waals surface area contributed by atoms with Gasteiger partial charge in [-0.25, -0.2) is 13.2 Å². The van der Waals surface area contributed by atoms with E-state index in [1.807, 2.05) is 0 Å². The number of nitrogens with zero attached hydrogens (tertiary/aromatic N) is 3. The van der Waals surface area contributed by atoms with Crippen molar-refractivity contribution >= 4 is 11.6 Å². The van der Waals surface area contributed by atoms with Crippen LogP contribution in [0.1, 0.15) is 18.2 Å². The summed E-state index contributed by atoms with van der Waals surface area (Å²) in [6.07, 6.45) is 0.0865. The van der Waals surface area contributed by atoms with Crippen LogP contribution in [0.3, 0.4) is 0 Å². The van der Waals surface area contributed by atoms with E-state index in [1.165, 1.54) is 29.2 Å². The number of halogens is 3. The van der Waals surface area contributed by atoms with Crippen molar-refractivity contribution in [3.05, 3.63) is 65.8 Å². The summed E-state index contributed by atoms with van der Waals surface area (Å²) >= 11 is 0. The first-order chi connectivity index (χ1) is 12.5. The largest absolute Gasteiger partial charge is 0.339 e. The summed E-state index contributed by atoms with van der Waals surface area (Å²) < 4.78 is 45.0. The molecule has 1 aliphatic heterocycles. The lowest BCUT2D eigenvalue weighted by molar-refractivity contribution is -0.117. The standard InChI is InChI=1S/C18H12F3N3O2/c19-12-3-1-10(2-4-12)17-22-18(26-23-17)11-5-16(25)24(9-11)15-7-13(20)6-14(21)8-15/h1-4,6-8,11H,5,9H2. The summed E-state index contributed by atoms with van der Waals surface area (Å²) in [4.78, 5) is 17.8. The van der Waals surface area contributed by atoms with Crippen LogP contribution in [0.5, 0.6) is 0 Å². The van der Waals surface area contributed by atoms with Crippen LogP contribution in [0, 0.1) is 17.5 Å². The highest BCUT2D eigenvalue weighted by molar-refractivity contribution is 5.96. The first-order valence-corrected chi connectivity index (χ1v) is 7.85. The predicted octanol–water partition coefficient (Wildman–Crippen LogP) is 3.67. The summed E-state index contributed by atoms with van der Waals surface area (Å²) in [5, 5.41) is 3.85. The van der Waals surface area contributed by atoms with Crippen molar-refractivity contribution in [2.75, 3.05) is 11.4 Å². The molecule has 4 rings (SSSR count). The third-order valence-electron chi connectivity index (χ3n) is 4.18. The second-order valence-electron chi connectivity index (χ2n) is 6.00. The molecule has 0 bridgehead atoms. The second kappa shape index (κ2) is 6.29. The van der Waals surface area contributed by atoms with Crippen molar-refractivity contribution in [3.8, 4) is 11.4 Å². The fraction of sp³-hybridized carbons (Fsp3) is 0.167. The lowest BCUT2D eigenvalue weighted by atomic mass is 10.1. The van der Waals surface area contributed by atoms with E-state index >= 15 is 0 Å². The summed E-state index contributed by atoms with van der Waals surface area (Å²) in [5.74, 6) is -2.05. The average Bonchev–Trinajstić information content (AvgIpc) is 3.21. The van der Waals surface area contributed by atoms with E-state index < -0.39 is 17.6 Å². The Kier molecular flexibility index (Phi) is 3.95. The summed E-state index contributed by atoms with van der Waals surface area (Å²) in [7, 11) is 0. The van der Waals surface area contributed by atoms with Gasteiger partial charge in [-0.3, -0.25) is 4.79 Å². The molecule has 2 heterocycles. The van der Waals surface area contributed by atoms with Gasteiger partial charge >= 0.3 is 0 Å². The molecule has 1 aliphatic rings. The molecule has 1 unspecified atom stereocenters. The molecule has 8 heteroatoms. The zero-order valence-electron chi connectivity index (χ0n) is 13.3. The summed E-state index contributed by atoms with van der Waals surface area (Å²) in [6, 6.07) is 8.54. The molecule has 0 saturated carbocycles. The van der Waals surface area contributed by atoms with E-state index in [0.29, 0.717) is 5.56 Å². The highest BCUT2D eigenvalue weighted by Crippen LogP contribution is 2.32. The lowest BCUT2D eigenvalue weighted by Crippen LogP contribution is -2.24. The fourth-order valence-corrected chi connectivity index (χ4v) is 2.93. The quantitative estimate of drug-likeness (QED) is 0.716. The number of carbonyl (C=O) groups excluding carboxylic acids is 1. The molecule has 1 atom stereocenters. The monoisotopic (exact) mass is 359 g/mol. The maximum Gasteiger partial charge on any atom is 0.232 e. The minimum absolute atomic E-state index is 0.0865. The van der Waals surface area contributed by atoms with Gasteiger partial charge in [0.25, 0.3) is 0 Å². The van der Waals surface area contributed by atoms with E-state index in [4.69, 9.17) is 4.52 Å². The van der Waals surface area contributed by atoms with E-state index in [-0.39, 0.29) is 42.1 Å². The van der Waals surface area contributed by atoms with Gasteiger partial charge in [-0.1, -0.05) is 5.16 Å². The lowest BCUT2D eigenvalue weighted by Gasteiger charge is -2.16. The molecule has 1 fully saturated rings. The fourth-order valence-electron chi connectivity index (χ4n) is 2.93. The molecule has 132 valence electrons. The highest BCUT2D eigenvalue weighted by atomic mass is 19.1. The molecule has 3 aromatic rings. The number of benzene rings is 2. The van der Waals surface area contributed by atoms with Crippen molar-refractivity contribution in [1.29, 1.82) is 0 Å². The molecule has 0 aliphatic carbocycles. The molecular formula is C18H12F3N3O2. The van der Waals surface area contributed by atoms with Gasteiger partial charge in [0.1, 0.15) is 17.5 Å². The Labute approximate surface area is 146 Å². The van der Waals surface area contributed by atoms with Crippen molar-refractivity contribution in [2.45, 2.75) is 12.3 Å². The number of hydrogen-bond donors (Lipinski definition) is 0. The van der Waals surface area contributed by atoms with Crippen LogP contribution in [-0.4, -0.2) is 22.6 Å². The Balaban J connectivity index is 1.56. The molecule has 2 aromatic carbocycles. The predicted molar refractivity (Wildman–Crippen MR) is 85.8 cm³/mol. The van der Waals surface area contributed by atoms with Gasteiger partial charge in [0.15, 0.2) is 0 Å². The van der Waals surface area contributed by atoms with Crippen LogP contribution in [-0.2, 0) is 4.79 Å². The maximum atomic E-state index is 13.4. The molecule has 0 spiro atoms. The van der Waals surface area contributed by atoms with Crippen molar-refractivity contribution < 1.29 is 22.5 Å². The average molecular weight is 359 g/mol. The number of anilines is 1. The molecule has 26 heavy (non-hydrogen) atoms. The number of carbonyl (C=O) groups is 1. The van der Waals surface area contributed by atoms with Crippen LogP contribution < -0.4 is 4.90 Å². The topological polar surface area (TPSA) is 59.2 Å². The highest BCUT2D eigenvalue weighted by Gasteiger charge is 2.35. The molecule has 0 N–H and O–H groups in total. The Morgan fingerprint density at radius 3 is 2.38 bits per heavy atom. The smallest absolute Gasteiger partial charge is 0.232 e. The maximum absolute atomic E-state index is 13.4. The minimum atomic E-state index is -0.757. The van der Waals surface area contributed by atoms with Gasteiger partial charge in [0, 0.05) is 30.3 Å². The van der Waals surface area contributed by atoms with Gasteiger partial charge in [-0.05, 0) is 36.4 Å². The van der Waals surface area contributed by atoms with E-state index in [1.54, 1.807) is 0 Å². The van der Waals surface area contributed by atoms with Crippen molar-refractivity contribution in [3.63, 3.8) is 0 Å². The number of rotatable bonds is 3. The van der Waals surface area contributed by atoms with Crippen LogP contribution in [0.4, 0.5) is 18.9 Å². The van der Waals surface area contributed by atoms with Gasteiger partial charge in [0.05, 0.1) is 5.92 Å². The molecular weight excluding hydrogens is 347 g/mol. The first-order valence-electron chi connectivity index (χ1n) is 7.85. The SMILES string of the molecule is O=C1CC(c2nc(-c3ccc(F)cc3)no2)CN1c1cc(F)cc(F)c1. The van der Waals surface area contributed by atoms with Gasteiger partial charge in [0.2, 0.25) is 17.6 Å².